The van der Waals surface area contributed by atoms with Crippen molar-refractivity contribution in [3.63, 3.8) is 0 Å². The maximum atomic E-state index is 12.8. The molecule has 4 heterocycles. The van der Waals surface area contributed by atoms with E-state index in [4.69, 9.17) is 5.26 Å². The summed E-state index contributed by atoms with van der Waals surface area (Å²) in [6.07, 6.45) is 5.65. The van der Waals surface area contributed by atoms with Gasteiger partial charge in [0.25, 0.3) is 0 Å². The van der Waals surface area contributed by atoms with E-state index >= 15 is 0 Å². The van der Waals surface area contributed by atoms with Crippen LogP contribution in [0.2, 0.25) is 0 Å². The fraction of sp³-hybridized carbons (Fsp3) is 0.692. The zero-order valence-electron chi connectivity index (χ0n) is 21.0. The average molecular weight is 497 g/mol. The molecule has 0 bridgehead atoms. The smallest absolute Gasteiger partial charge is 0.242 e. The quantitative estimate of drug-likeness (QED) is 0.324. The number of nitrogens with zero attached hydrogens (tertiary/aromatic N) is 3. The van der Waals surface area contributed by atoms with Crippen LogP contribution in [-0.2, 0) is 4.79 Å². The second-order valence-electron chi connectivity index (χ2n) is 10.7. The molecule has 0 aliphatic carbocycles. The molecule has 0 radical (unpaired) electrons. The lowest BCUT2D eigenvalue weighted by atomic mass is 9.90. The number of benzene rings is 1. The van der Waals surface area contributed by atoms with E-state index < -0.39 is 0 Å². The molecule has 1 aromatic carbocycles. The summed E-state index contributed by atoms with van der Waals surface area (Å²) in [6, 6.07) is 10.8. The first-order valence-corrected chi connectivity index (χ1v) is 13.5. The Labute approximate surface area is 213 Å². The standard InChI is InChI=1S/C26H40N8O2/c27-11-7-18-8-13-33(14-9-18)26-30-22-16-28-32-25(36)23(22)24(31-26)29-20-3-5-21(6-4-20)34-12-1-2-19(17-34)10-15-35/h3-6,18-19,22-24,26,28-31,35H,1-2,7-10,12-17H2,(H,32,36). The van der Waals surface area contributed by atoms with Crippen molar-refractivity contribution < 1.29 is 9.90 Å². The highest BCUT2D eigenvalue weighted by Gasteiger charge is 2.45. The first-order valence-electron chi connectivity index (χ1n) is 13.5. The minimum atomic E-state index is -0.250. The summed E-state index contributed by atoms with van der Waals surface area (Å²) in [7, 11) is 0. The highest BCUT2D eigenvalue weighted by molar-refractivity contribution is 5.81. The molecular formula is C26H40N8O2. The van der Waals surface area contributed by atoms with Crippen molar-refractivity contribution in [3.8, 4) is 6.07 Å². The van der Waals surface area contributed by atoms with Crippen molar-refractivity contribution in [2.24, 2.45) is 17.8 Å². The molecule has 10 heteroatoms. The number of hydrogen-bond acceptors (Lipinski definition) is 9. The second kappa shape index (κ2) is 11.8. The van der Waals surface area contributed by atoms with Crippen LogP contribution in [-0.4, -0.2) is 73.7 Å². The summed E-state index contributed by atoms with van der Waals surface area (Å²) in [5.41, 5.74) is 8.02. The van der Waals surface area contributed by atoms with Gasteiger partial charge >= 0.3 is 0 Å². The van der Waals surface area contributed by atoms with Crippen LogP contribution < -0.4 is 31.7 Å². The number of rotatable bonds is 7. The fourth-order valence-corrected chi connectivity index (χ4v) is 6.26. The van der Waals surface area contributed by atoms with Gasteiger partial charge in [-0.1, -0.05) is 0 Å². The maximum absolute atomic E-state index is 12.8. The number of hydrogen-bond donors (Lipinski definition) is 6. The van der Waals surface area contributed by atoms with Gasteiger partial charge in [0.2, 0.25) is 5.91 Å². The van der Waals surface area contributed by atoms with Crippen molar-refractivity contribution in [3.05, 3.63) is 24.3 Å². The van der Waals surface area contributed by atoms with Crippen LogP contribution in [0.3, 0.4) is 0 Å². The zero-order valence-corrected chi connectivity index (χ0v) is 21.0. The Morgan fingerprint density at radius 3 is 2.64 bits per heavy atom. The Bertz CT molecular complexity index is 912. The topological polar surface area (TPSA) is 128 Å². The predicted octanol–water partition coefficient (Wildman–Crippen LogP) is 0.745. The first-order chi connectivity index (χ1) is 17.6. The molecule has 5 rings (SSSR count). The van der Waals surface area contributed by atoms with Crippen LogP contribution in [0.25, 0.3) is 0 Å². The van der Waals surface area contributed by atoms with Crippen LogP contribution >= 0.6 is 0 Å². The molecule has 1 amide bonds. The van der Waals surface area contributed by atoms with Gasteiger partial charge in [-0.05, 0) is 68.2 Å². The number of hydrazine groups is 1. The van der Waals surface area contributed by atoms with Gasteiger partial charge in [0, 0.05) is 63.2 Å². The predicted molar refractivity (Wildman–Crippen MR) is 139 cm³/mol. The molecule has 4 aliphatic rings. The molecular weight excluding hydrogens is 456 g/mol. The van der Waals surface area contributed by atoms with Gasteiger partial charge in [-0.25, -0.2) is 5.43 Å². The molecule has 10 nitrogen and oxygen atoms in total. The molecule has 5 unspecified atom stereocenters. The molecule has 0 aromatic heterocycles. The van der Waals surface area contributed by atoms with Crippen molar-refractivity contribution in [1.29, 1.82) is 5.26 Å². The van der Waals surface area contributed by atoms with Gasteiger partial charge in [-0.2, -0.15) is 5.26 Å². The molecule has 4 fully saturated rings. The van der Waals surface area contributed by atoms with Gasteiger partial charge < -0.3 is 15.3 Å². The Morgan fingerprint density at radius 2 is 1.89 bits per heavy atom. The van der Waals surface area contributed by atoms with Crippen molar-refractivity contribution in [2.75, 3.05) is 49.5 Å². The Morgan fingerprint density at radius 1 is 1.08 bits per heavy atom. The maximum Gasteiger partial charge on any atom is 0.242 e. The summed E-state index contributed by atoms with van der Waals surface area (Å²) in [6.45, 7) is 4.83. The Balaban J connectivity index is 1.25. The van der Waals surface area contributed by atoms with Gasteiger partial charge in [-0.15, -0.1) is 0 Å². The third kappa shape index (κ3) is 5.76. The number of anilines is 2. The molecule has 4 aliphatic heterocycles. The zero-order chi connectivity index (χ0) is 24.9. The largest absolute Gasteiger partial charge is 0.396 e. The van der Waals surface area contributed by atoms with E-state index in [-0.39, 0.29) is 36.9 Å². The number of fused-ring (bicyclic) bond motifs is 1. The Kier molecular flexibility index (Phi) is 8.24. The lowest BCUT2D eigenvalue weighted by Gasteiger charge is -2.49. The lowest BCUT2D eigenvalue weighted by molar-refractivity contribution is -0.132. The van der Waals surface area contributed by atoms with Crippen LogP contribution in [0.5, 0.6) is 0 Å². The summed E-state index contributed by atoms with van der Waals surface area (Å²) >= 11 is 0. The summed E-state index contributed by atoms with van der Waals surface area (Å²) in [4.78, 5) is 17.6. The number of likely N-dealkylation sites (tertiary alicyclic amines) is 1. The third-order valence-electron chi connectivity index (χ3n) is 8.34. The molecule has 1 aromatic rings. The second-order valence-corrected chi connectivity index (χ2v) is 10.7. The number of piperidine rings is 2. The summed E-state index contributed by atoms with van der Waals surface area (Å²) < 4.78 is 0. The van der Waals surface area contributed by atoms with E-state index in [0.29, 0.717) is 24.8 Å². The molecule has 4 saturated heterocycles. The van der Waals surface area contributed by atoms with Crippen molar-refractivity contribution in [2.45, 2.75) is 57.0 Å². The van der Waals surface area contributed by atoms with Crippen molar-refractivity contribution >= 4 is 17.3 Å². The van der Waals surface area contributed by atoms with E-state index in [1.165, 1.54) is 12.1 Å². The SMILES string of the molecule is N#CCC1CCN(C2NC3CNNC(=O)C3C(Nc3ccc(N4CCCC(CCO)C4)cc3)N2)CC1. The summed E-state index contributed by atoms with van der Waals surface area (Å²) in [5.74, 6) is 0.767. The van der Waals surface area contributed by atoms with Gasteiger partial charge in [0.1, 0.15) is 6.29 Å². The van der Waals surface area contributed by atoms with E-state index in [1.54, 1.807) is 0 Å². The number of nitrogens with one attached hydrogen (secondary N) is 5. The number of nitriles is 1. The van der Waals surface area contributed by atoms with Gasteiger partial charge in [0.15, 0.2) is 0 Å². The molecule has 5 atom stereocenters. The number of aliphatic hydroxyl groups excluding tert-OH is 1. The monoisotopic (exact) mass is 496 g/mol. The molecule has 6 N–H and O–H groups in total. The minimum Gasteiger partial charge on any atom is -0.396 e. The fourth-order valence-electron chi connectivity index (χ4n) is 6.26. The van der Waals surface area contributed by atoms with Crippen LogP contribution in [0.1, 0.15) is 38.5 Å². The third-order valence-corrected chi connectivity index (χ3v) is 8.34. The number of amides is 1. The summed E-state index contributed by atoms with van der Waals surface area (Å²) in [5, 5.41) is 29.3. The average Bonchev–Trinajstić information content (AvgIpc) is 2.90. The van der Waals surface area contributed by atoms with Gasteiger partial charge in [0.05, 0.1) is 18.2 Å². The Hall–Kier alpha value is -2.42. The molecule has 0 spiro atoms. The lowest BCUT2D eigenvalue weighted by Crippen LogP contribution is -2.77. The van der Waals surface area contributed by atoms with Gasteiger partial charge in [-0.3, -0.25) is 25.8 Å². The van der Waals surface area contributed by atoms with Crippen LogP contribution in [0, 0.1) is 29.1 Å². The minimum absolute atomic E-state index is 0.00964. The molecule has 196 valence electrons. The number of aliphatic hydroxyl groups is 1. The van der Waals surface area contributed by atoms with E-state index in [9.17, 15) is 9.90 Å². The van der Waals surface area contributed by atoms with Crippen LogP contribution in [0.4, 0.5) is 11.4 Å². The highest BCUT2D eigenvalue weighted by Crippen LogP contribution is 2.28. The normalized spacial score (nSPS) is 31.8. The van der Waals surface area contributed by atoms with E-state index in [0.717, 1.165) is 57.5 Å². The highest BCUT2D eigenvalue weighted by atomic mass is 16.3. The first kappa shape index (κ1) is 25.2. The number of carbonyl (C=O) groups is 1. The van der Waals surface area contributed by atoms with E-state index in [1.807, 2.05) is 0 Å². The molecule has 36 heavy (non-hydrogen) atoms. The van der Waals surface area contributed by atoms with Crippen LogP contribution in [0.15, 0.2) is 24.3 Å². The van der Waals surface area contributed by atoms with E-state index in [2.05, 4.69) is 66.9 Å². The molecule has 0 saturated carbocycles. The number of carbonyl (C=O) groups excluding carboxylic acids is 1. The van der Waals surface area contributed by atoms with Crippen molar-refractivity contribution in [1.82, 2.24) is 26.4 Å².